The minimum atomic E-state index is -0.458. The number of nitrogens with zero attached hydrogens (tertiary/aromatic N) is 3. The molecule has 2 fully saturated rings. The molecule has 0 aromatic heterocycles. The Labute approximate surface area is 200 Å². The fourth-order valence-corrected chi connectivity index (χ4v) is 4.63. The van der Waals surface area contributed by atoms with Gasteiger partial charge >= 0.3 is 5.97 Å². The Kier molecular flexibility index (Phi) is 6.79. The molecule has 4 rings (SSSR count). The van der Waals surface area contributed by atoms with E-state index in [1.807, 2.05) is 43.3 Å². The van der Waals surface area contributed by atoms with Crippen molar-refractivity contribution >= 4 is 46.7 Å². The average Bonchev–Trinajstić information content (AvgIpc) is 3.44. The highest BCUT2D eigenvalue weighted by molar-refractivity contribution is 7.80. The van der Waals surface area contributed by atoms with Crippen LogP contribution in [0.15, 0.2) is 48.2 Å². The maximum Gasteiger partial charge on any atom is 0.325 e. The van der Waals surface area contributed by atoms with Gasteiger partial charge in [0.25, 0.3) is 5.91 Å². The Morgan fingerprint density at radius 2 is 1.76 bits per heavy atom. The first kappa shape index (κ1) is 23.0. The largest absolute Gasteiger partial charge is 0.468 e. The Morgan fingerprint density at radius 3 is 2.36 bits per heavy atom. The van der Waals surface area contributed by atoms with Gasteiger partial charge < -0.3 is 14.5 Å². The Hall–Kier alpha value is -3.19. The molecule has 2 aliphatic heterocycles. The van der Waals surface area contributed by atoms with Crippen LogP contribution in [0.5, 0.6) is 0 Å². The molecule has 2 aliphatic rings. The summed E-state index contributed by atoms with van der Waals surface area (Å²) in [6, 6.07) is 14.0. The van der Waals surface area contributed by atoms with Crippen LogP contribution in [-0.2, 0) is 20.7 Å². The van der Waals surface area contributed by atoms with E-state index in [-0.39, 0.29) is 17.6 Å². The number of hydrogen-bond acceptors (Lipinski definition) is 5. The van der Waals surface area contributed by atoms with Crippen LogP contribution in [0, 0.1) is 6.92 Å². The highest BCUT2D eigenvalue weighted by Gasteiger charge is 2.40. The summed E-state index contributed by atoms with van der Waals surface area (Å²) in [6.07, 6.45) is 5.16. The van der Waals surface area contributed by atoms with E-state index in [4.69, 9.17) is 17.0 Å². The molecule has 7 heteroatoms. The zero-order valence-corrected chi connectivity index (χ0v) is 20.2. The second-order valence-corrected chi connectivity index (χ2v) is 8.74. The van der Waals surface area contributed by atoms with E-state index in [0.717, 1.165) is 30.6 Å². The van der Waals surface area contributed by atoms with E-state index < -0.39 is 5.97 Å². The van der Waals surface area contributed by atoms with Gasteiger partial charge in [-0.05, 0) is 85.4 Å². The van der Waals surface area contributed by atoms with Crippen LogP contribution in [0.25, 0.3) is 6.08 Å². The monoisotopic (exact) mass is 463 g/mol. The zero-order chi connectivity index (χ0) is 23.5. The highest BCUT2D eigenvalue weighted by Crippen LogP contribution is 2.31. The van der Waals surface area contributed by atoms with Gasteiger partial charge in [0.05, 0.1) is 12.8 Å². The summed E-state index contributed by atoms with van der Waals surface area (Å²) < 4.78 is 4.86. The van der Waals surface area contributed by atoms with Crippen LogP contribution in [0.3, 0.4) is 0 Å². The third-order valence-electron chi connectivity index (χ3n) is 6.27. The number of benzene rings is 2. The van der Waals surface area contributed by atoms with Gasteiger partial charge in [0.15, 0.2) is 5.11 Å². The predicted octanol–water partition coefficient (Wildman–Crippen LogP) is 4.31. The molecule has 172 valence electrons. The topological polar surface area (TPSA) is 53.1 Å². The van der Waals surface area contributed by atoms with Crippen molar-refractivity contribution in [2.45, 2.75) is 33.1 Å². The maximum atomic E-state index is 13.5. The van der Waals surface area contributed by atoms with E-state index in [0.29, 0.717) is 11.4 Å². The molecular formula is C26H29N3O3S. The van der Waals surface area contributed by atoms with Crippen LogP contribution in [0.4, 0.5) is 11.4 Å². The Balaban J connectivity index is 1.70. The lowest BCUT2D eigenvalue weighted by atomic mass is 10.1. The van der Waals surface area contributed by atoms with Crippen LogP contribution in [0.1, 0.15) is 36.5 Å². The van der Waals surface area contributed by atoms with Gasteiger partial charge in [-0.2, -0.15) is 0 Å². The molecular weight excluding hydrogens is 434 g/mol. The van der Waals surface area contributed by atoms with E-state index in [1.165, 1.54) is 36.1 Å². The molecule has 2 aromatic carbocycles. The lowest BCUT2D eigenvalue weighted by Gasteiger charge is -2.20. The van der Waals surface area contributed by atoms with Crippen LogP contribution in [0.2, 0.25) is 0 Å². The van der Waals surface area contributed by atoms with E-state index in [1.54, 1.807) is 4.90 Å². The number of hydrogen-bond donors (Lipinski definition) is 0. The first-order chi connectivity index (χ1) is 15.9. The average molecular weight is 464 g/mol. The lowest BCUT2D eigenvalue weighted by molar-refractivity contribution is -0.140. The number of carbonyl (C=O) groups excluding carboxylic acids is 2. The summed E-state index contributed by atoms with van der Waals surface area (Å²) in [5, 5.41) is 0.271. The Morgan fingerprint density at radius 1 is 1.09 bits per heavy atom. The number of amides is 1. The molecule has 0 saturated carbocycles. The number of methoxy groups -OCH3 is 1. The second kappa shape index (κ2) is 9.75. The molecule has 2 saturated heterocycles. The predicted molar refractivity (Wildman–Crippen MR) is 135 cm³/mol. The molecule has 0 spiro atoms. The molecule has 1 amide bonds. The highest BCUT2D eigenvalue weighted by atomic mass is 32.1. The number of aryl methyl sites for hydroxylation is 2. The van der Waals surface area contributed by atoms with Gasteiger partial charge in [-0.1, -0.05) is 25.1 Å². The van der Waals surface area contributed by atoms with Crippen molar-refractivity contribution in [2.75, 3.05) is 36.5 Å². The number of rotatable bonds is 6. The standard InChI is InChI=1S/C26H29N3O3S/c1-4-19-7-10-21(11-8-19)29-25(31)23(28(26(29)33)17-24(30)32-3)16-20-9-12-22(15-18(20)2)27-13-5-6-14-27/h7-12,15-16H,4-6,13-14,17H2,1-3H3/b23-16-. The normalized spacial score (nSPS) is 17.4. The molecule has 0 N–H and O–H groups in total. The summed E-state index contributed by atoms with van der Waals surface area (Å²) in [7, 11) is 1.33. The van der Waals surface area contributed by atoms with E-state index in [9.17, 15) is 9.59 Å². The van der Waals surface area contributed by atoms with Gasteiger partial charge in [-0.15, -0.1) is 0 Å². The van der Waals surface area contributed by atoms with Gasteiger partial charge in [0, 0.05) is 18.8 Å². The fourth-order valence-electron chi connectivity index (χ4n) is 4.28. The smallest absolute Gasteiger partial charge is 0.325 e. The maximum absolute atomic E-state index is 13.5. The lowest BCUT2D eigenvalue weighted by Crippen LogP contribution is -2.35. The van der Waals surface area contributed by atoms with E-state index >= 15 is 0 Å². The summed E-state index contributed by atoms with van der Waals surface area (Å²) in [5.41, 5.74) is 5.40. The minimum absolute atomic E-state index is 0.124. The minimum Gasteiger partial charge on any atom is -0.468 e. The SMILES string of the molecule is CCc1ccc(N2C(=O)/C(=C/c3ccc(N4CCCC4)cc3C)N(CC(=O)OC)C2=S)cc1. The molecule has 33 heavy (non-hydrogen) atoms. The van der Waals surface area contributed by atoms with Crippen molar-refractivity contribution in [3.05, 3.63) is 64.9 Å². The van der Waals surface area contributed by atoms with Crippen LogP contribution < -0.4 is 9.80 Å². The number of thiocarbonyl (C=S) groups is 1. The number of ether oxygens (including phenoxy) is 1. The number of carbonyl (C=O) groups is 2. The fraction of sp³-hybridized carbons (Fsp3) is 0.346. The van der Waals surface area contributed by atoms with Gasteiger partial charge in [-0.3, -0.25) is 14.5 Å². The van der Waals surface area contributed by atoms with Crippen molar-refractivity contribution in [1.29, 1.82) is 0 Å². The third-order valence-corrected chi connectivity index (χ3v) is 6.67. The zero-order valence-electron chi connectivity index (χ0n) is 19.3. The summed E-state index contributed by atoms with van der Waals surface area (Å²) in [4.78, 5) is 31.1. The first-order valence-corrected chi connectivity index (χ1v) is 11.7. The van der Waals surface area contributed by atoms with Crippen molar-refractivity contribution < 1.29 is 14.3 Å². The first-order valence-electron chi connectivity index (χ1n) is 11.3. The van der Waals surface area contributed by atoms with Gasteiger partial charge in [0.2, 0.25) is 0 Å². The van der Waals surface area contributed by atoms with Gasteiger partial charge in [0.1, 0.15) is 12.2 Å². The number of anilines is 2. The quantitative estimate of drug-likeness (QED) is 0.362. The third kappa shape index (κ3) is 4.64. The molecule has 2 aromatic rings. The molecule has 0 unspecified atom stereocenters. The van der Waals surface area contributed by atoms with Crippen molar-refractivity contribution in [1.82, 2.24) is 4.90 Å². The molecule has 0 atom stereocenters. The molecule has 0 aliphatic carbocycles. The second-order valence-electron chi connectivity index (χ2n) is 8.37. The van der Waals surface area contributed by atoms with Crippen molar-refractivity contribution in [3.63, 3.8) is 0 Å². The summed E-state index contributed by atoms with van der Waals surface area (Å²) >= 11 is 5.64. The molecule has 2 heterocycles. The van der Waals surface area contributed by atoms with Crippen molar-refractivity contribution in [2.24, 2.45) is 0 Å². The summed E-state index contributed by atoms with van der Waals surface area (Å²) in [5.74, 6) is -0.712. The van der Waals surface area contributed by atoms with E-state index in [2.05, 4.69) is 24.0 Å². The van der Waals surface area contributed by atoms with Crippen LogP contribution >= 0.6 is 12.2 Å². The number of esters is 1. The molecule has 0 radical (unpaired) electrons. The molecule has 6 nitrogen and oxygen atoms in total. The van der Waals surface area contributed by atoms with Crippen molar-refractivity contribution in [3.8, 4) is 0 Å². The molecule has 0 bridgehead atoms. The Bertz CT molecular complexity index is 1100. The van der Waals surface area contributed by atoms with Gasteiger partial charge in [-0.25, -0.2) is 0 Å². The summed E-state index contributed by atoms with van der Waals surface area (Å²) in [6.45, 7) is 6.14. The van der Waals surface area contributed by atoms with Crippen LogP contribution in [-0.4, -0.2) is 48.6 Å².